The number of hydrogen-bond donors (Lipinski definition) is 1. The second kappa shape index (κ2) is 9.43. The van der Waals surface area contributed by atoms with E-state index in [0.717, 1.165) is 25.6 Å². The quantitative estimate of drug-likeness (QED) is 0.613. The van der Waals surface area contributed by atoms with Crippen LogP contribution >= 0.6 is 0 Å². The van der Waals surface area contributed by atoms with Crippen LogP contribution in [0.4, 0.5) is 0 Å². The fraction of sp³-hybridized carbons (Fsp3) is 0.476. The van der Waals surface area contributed by atoms with Gasteiger partial charge in [-0.15, -0.1) is 0 Å². The summed E-state index contributed by atoms with van der Waals surface area (Å²) < 4.78 is 2.15. The molecule has 1 atom stereocenters. The summed E-state index contributed by atoms with van der Waals surface area (Å²) in [6.45, 7) is 6.62. The average molecular weight is 356 g/mol. The molecule has 2 rings (SSSR count). The lowest BCUT2D eigenvalue weighted by atomic mass is 10.0. The van der Waals surface area contributed by atoms with E-state index in [1.165, 1.54) is 16.8 Å². The molecule has 0 aliphatic rings. The van der Waals surface area contributed by atoms with Crippen molar-refractivity contribution < 1.29 is 0 Å². The Kier molecular flexibility index (Phi) is 7.27. The van der Waals surface area contributed by atoms with Crippen LogP contribution in [-0.4, -0.2) is 54.6 Å². The van der Waals surface area contributed by atoms with Crippen LogP contribution in [-0.2, 0) is 13.6 Å². The predicted octanol–water partition coefficient (Wildman–Crippen LogP) is 3.03. The van der Waals surface area contributed by atoms with Crippen LogP contribution in [0.1, 0.15) is 29.8 Å². The molecule has 0 radical (unpaired) electrons. The zero-order valence-corrected chi connectivity index (χ0v) is 17.0. The molecule has 1 aromatic heterocycles. The van der Waals surface area contributed by atoms with Crippen LogP contribution in [0.2, 0.25) is 0 Å². The van der Waals surface area contributed by atoms with Gasteiger partial charge in [-0.25, -0.2) is 0 Å². The SMILES string of the molecule is CCNC(=NCC(c1ccc(C)cc1)N(C)C)N(C)Cc1cccn1C. The smallest absolute Gasteiger partial charge is 0.194 e. The van der Waals surface area contributed by atoms with E-state index < -0.39 is 0 Å². The van der Waals surface area contributed by atoms with Crippen LogP contribution in [0, 0.1) is 6.92 Å². The summed E-state index contributed by atoms with van der Waals surface area (Å²) in [4.78, 5) is 9.34. The van der Waals surface area contributed by atoms with Crippen molar-refractivity contribution >= 4 is 5.96 Å². The molecule has 5 nitrogen and oxygen atoms in total. The molecule has 0 aliphatic carbocycles. The third-order valence-electron chi connectivity index (χ3n) is 4.65. The van der Waals surface area contributed by atoms with Crippen molar-refractivity contribution in [3.8, 4) is 0 Å². The molecule has 0 saturated carbocycles. The zero-order valence-electron chi connectivity index (χ0n) is 17.0. The summed E-state index contributed by atoms with van der Waals surface area (Å²) in [5.41, 5.74) is 3.84. The highest BCUT2D eigenvalue weighted by atomic mass is 15.3. The number of nitrogens with one attached hydrogen (secondary N) is 1. The fourth-order valence-corrected chi connectivity index (χ4v) is 2.98. The first-order valence-corrected chi connectivity index (χ1v) is 9.25. The molecule has 5 heteroatoms. The first-order valence-electron chi connectivity index (χ1n) is 9.25. The van der Waals surface area contributed by atoms with Crippen LogP contribution in [0.5, 0.6) is 0 Å². The highest BCUT2D eigenvalue weighted by Crippen LogP contribution is 2.19. The molecule has 0 saturated heterocycles. The van der Waals surface area contributed by atoms with Gasteiger partial charge in [-0.3, -0.25) is 4.99 Å². The number of hydrogen-bond acceptors (Lipinski definition) is 2. The van der Waals surface area contributed by atoms with Gasteiger partial charge in [0, 0.05) is 32.5 Å². The van der Waals surface area contributed by atoms with Crippen LogP contribution in [0.3, 0.4) is 0 Å². The Morgan fingerprint density at radius 2 is 1.85 bits per heavy atom. The van der Waals surface area contributed by atoms with Crippen molar-refractivity contribution in [1.29, 1.82) is 0 Å². The van der Waals surface area contributed by atoms with Gasteiger partial charge in [0.2, 0.25) is 0 Å². The molecule has 0 fully saturated rings. The molecule has 1 heterocycles. The van der Waals surface area contributed by atoms with Gasteiger partial charge < -0.3 is 19.7 Å². The Bertz CT molecular complexity index is 699. The summed E-state index contributed by atoms with van der Waals surface area (Å²) in [5, 5.41) is 3.42. The van der Waals surface area contributed by atoms with E-state index in [2.05, 4.69) is 104 Å². The van der Waals surface area contributed by atoms with E-state index in [0.29, 0.717) is 0 Å². The monoisotopic (exact) mass is 355 g/mol. The maximum absolute atomic E-state index is 4.92. The molecular weight excluding hydrogens is 322 g/mol. The summed E-state index contributed by atoms with van der Waals surface area (Å²) in [7, 11) is 8.39. The van der Waals surface area contributed by atoms with Gasteiger partial charge in [0.1, 0.15) is 0 Å². The minimum absolute atomic E-state index is 0.257. The number of guanidine groups is 1. The van der Waals surface area contributed by atoms with Crippen molar-refractivity contribution in [1.82, 2.24) is 19.7 Å². The maximum Gasteiger partial charge on any atom is 0.194 e. The summed E-state index contributed by atoms with van der Waals surface area (Å²) in [6.07, 6.45) is 2.08. The Morgan fingerprint density at radius 1 is 1.15 bits per heavy atom. The highest BCUT2D eigenvalue weighted by molar-refractivity contribution is 5.79. The topological polar surface area (TPSA) is 35.8 Å². The maximum atomic E-state index is 4.92. The molecule has 0 bridgehead atoms. The third kappa shape index (κ3) is 5.36. The first-order chi connectivity index (χ1) is 12.4. The minimum atomic E-state index is 0.257. The first kappa shape index (κ1) is 20.0. The van der Waals surface area contributed by atoms with Crippen molar-refractivity contribution in [3.05, 3.63) is 59.4 Å². The molecule has 1 N–H and O–H groups in total. The van der Waals surface area contributed by atoms with Gasteiger partial charge >= 0.3 is 0 Å². The third-order valence-corrected chi connectivity index (χ3v) is 4.65. The summed E-state index contributed by atoms with van der Waals surface area (Å²) >= 11 is 0. The molecular formula is C21H33N5. The number of benzene rings is 1. The summed E-state index contributed by atoms with van der Waals surface area (Å²) in [5.74, 6) is 0.938. The summed E-state index contributed by atoms with van der Waals surface area (Å²) in [6, 6.07) is 13.2. The Labute approximate surface area is 158 Å². The molecule has 1 aromatic carbocycles. The Morgan fingerprint density at radius 3 is 2.38 bits per heavy atom. The number of likely N-dealkylation sites (N-methyl/N-ethyl adjacent to an activating group) is 1. The number of nitrogens with zero attached hydrogens (tertiary/aromatic N) is 4. The lowest BCUT2D eigenvalue weighted by Crippen LogP contribution is -2.39. The van der Waals surface area contributed by atoms with E-state index in [9.17, 15) is 0 Å². The lowest BCUT2D eigenvalue weighted by molar-refractivity contribution is 0.305. The van der Waals surface area contributed by atoms with Gasteiger partial charge in [0.05, 0.1) is 19.1 Å². The van der Waals surface area contributed by atoms with Crippen molar-refractivity contribution in [2.45, 2.75) is 26.4 Å². The van der Waals surface area contributed by atoms with E-state index in [1.807, 2.05) is 0 Å². The molecule has 26 heavy (non-hydrogen) atoms. The molecule has 0 aliphatic heterocycles. The number of aliphatic imine (C=N–C) groups is 1. The van der Waals surface area contributed by atoms with Gasteiger partial charge in [0.25, 0.3) is 0 Å². The van der Waals surface area contributed by atoms with Crippen LogP contribution < -0.4 is 5.32 Å². The normalized spacial score (nSPS) is 13.1. The molecule has 0 amide bonds. The Balaban J connectivity index is 2.14. The standard InChI is InChI=1S/C21H33N5/c1-7-22-21(26(6)16-19-9-8-14-25(19)5)23-15-20(24(3)4)18-12-10-17(2)11-13-18/h8-14,20H,7,15-16H2,1-6H3,(H,22,23). The number of aryl methyl sites for hydroxylation is 2. The zero-order chi connectivity index (χ0) is 19.1. The van der Waals surface area contributed by atoms with Crippen molar-refractivity contribution in [2.75, 3.05) is 34.2 Å². The second-order valence-electron chi connectivity index (χ2n) is 7.05. The van der Waals surface area contributed by atoms with Crippen LogP contribution in [0.25, 0.3) is 0 Å². The molecule has 142 valence electrons. The van der Waals surface area contributed by atoms with E-state index >= 15 is 0 Å². The largest absolute Gasteiger partial charge is 0.357 e. The molecule has 1 unspecified atom stereocenters. The molecule has 0 spiro atoms. The molecule has 2 aromatic rings. The van der Waals surface area contributed by atoms with Gasteiger partial charge in [-0.2, -0.15) is 0 Å². The van der Waals surface area contributed by atoms with Crippen molar-refractivity contribution in [2.24, 2.45) is 12.0 Å². The van der Waals surface area contributed by atoms with Gasteiger partial charge in [-0.1, -0.05) is 29.8 Å². The fourth-order valence-electron chi connectivity index (χ4n) is 2.98. The van der Waals surface area contributed by atoms with Gasteiger partial charge in [-0.05, 0) is 45.6 Å². The predicted molar refractivity (Wildman–Crippen MR) is 110 cm³/mol. The average Bonchev–Trinajstić information content (AvgIpc) is 3.00. The van der Waals surface area contributed by atoms with Crippen molar-refractivity contribution in [3.63, 3.8) is 0 Å². The number of rotatable bonds is 7. The van der Waals surface area contributed by atoms with Crippen LogP contribution in [0.15, 0.2) is 47.6 Å². The Hall–Kier alpha value is -2.27. The minimum Gasteiger partial charge on any atom is -0.357 e. The van der Waals surface area contributed by atoms with E-state index in [4.69, 9.17) is 4.99 Å². The second-order valence-corrected chi connectivity index (χ2v) is 7.05. The van der Waals surface area contributed by atoms with E-state index in [-0.39, 0.29) is 6.04 Å². The lowest BCUT2D eigenvalue weighted by Gasteiger charge is -2.26. The van der Waals surface area contributed by atoms with E-state index in [1.54, 1.807) is 0 Å². The van der Waals surface area contributed by atoms with Gasteiger partial charge in [0.15, 0.2) is 5.96 Å². The highest BCUT2D eigenvalue weighted by Gasteiger charge is 2.15. The number of aromatic nitrogens is 1.